The molecule has 51 heavy (non-hydrogen) atoms. The van der Waals surface area contributed by atoms with Crippen LogP contribution in [0, 0.1) is 39.4 Å². The number of ketones is 2. The van der Waals surface area contributed by atoms with Crippen molar-refractivity contribution in [1.82, 2.24) is 0 Å². The van der Waals surface area contributed by atoms with E-state index in [1.807, 2.05) is 20.8 Å². The fourth-order valence-corrected chi connectivity index (χ4v) is 11.1. The lowest BCUT2D eigenvalue weighted by molar-refractivity contribution is -0.292. The SMILES string of the molecule is CC(=O)O[C@@H]1[C@H](O[C@@H]2C[C@@]3(C)[C@@H]4CC=C5[C@@H](CC[C@H](O)C5(C)C)[C@]4(C)C(=O)C[C@]3(C)[C@H]2[C@@](C)(O)C(=O)C=CC(C)(C)O)O[C@@H](C)C[C@@H]1OC(C)=O. The molecule has 5 rings (SSSR count). The molecule has 3 saturated carbocycles. The molecule has 11 nitrogen and oxygen atoms in total. The number of aliphatic hydroxyl groups is 3. The summed E-state index contributed by atoms with van der Waals surface area (Å²) in [5.41, 5.74) is -5.11. The number of allylic oxidation sites excluding steroid dienone is 1. The Balaban J connectivity index is 1.63. The molecule has 0 amide bonds. The zero-order valence-corrected chi connectivity index (χ0v) is 32.3. The fourth-order valence-electron chi connectivity index (χ4n) is 11.1. The molecule has 4 fully saturated rings. The molecular formula is C40H60O11. The van der Waals surface area contributed by atoms with Gasteiger partial charge in [-0.1, -0.05) is 52.3 Å². The smallest absolute Gasteiger partial charge is 0.303 e. The third-order valence-electron chi connectivity index (χ3n) is 13.8. The Kier molecular flexibility index (Phi) is 10.2. The summed E-state index contributed by atoms with van der Waals surface area (Å²) >= 11 is 0. The monoisotopic (exact) mass is 716 g/mol. The van der Waals surface area contributed by atoms with E-state index in [9.17, 15) is 34.5 Å². The number of carbonyl (C=O) groups excluding carboxylic acids is 4. The maximum absolute atomic E-state index is 14.9. The Morgan fingerprint density at radius 2 is 1.59 bits per heavy atom. The fraction of sp³-hybridized carbons (Fsp3) is 0.800. The standard InChI is InChI=1S/C40H60O11/c1-21-18-26(49-22(2)41)32(50-23(3)42)34(48-21)51-27-19-37(8)28-14-12-24-25(13-15-29(43)36(24,6)7)39(28,10)31(45)20-38(37,9)33(27)40(11,47)30(44)16-17-35(4,5)46/h12,16-17,21,25-29,32-34,43,46-47H,13-15,18-20H2,1-11H3/t21-,25+,26-,27+,28-,29-,32-,33-,34-,37-,38+,39-,40-/m0/s1. The van der Waals surface area contributed by atoms with Gasteiger partial charge in [-0.05, 0) is 82.1 Å². The van der Waals surface area contributed by atoms with Gasteiger partial charge < -0.3 is 34.3 Å². The van der Waals surface area contributed by atoms with Crippen LogP contribution in [0.2, 0.25) is 0 Å². The van der Waals surface area contributed by atoms with E-state index in [1.165, 1.54) is 46.8 Å². The molecule has 3 N–H and O–H groups in total. The van der Waals surface area contributed by atoms with Crippen molar-refractivity contribution in [2.24, 2.45) is 39.4 Å². The number of hydrogen-bond acceptors (Lipinski definition) is 11. The minimum atomic E-state index is -2.06. The van der Waals surface area contributed by atoms with Gasteiger partial charge in [0.25, 0.3) is 0 Å². The minimum absolute atomic E-state index is 0.0615. The van der Waals surface area contributed by atoms with Crippen molar-refractivity contribution >= 4 is 23.5 Å². The highest BCUT2D eigenvalue weighted by molar-refractivity contribution is 5.97. The van der Waals surface area contributed by atoms with E-state index in [0.29, 0.717) is 25.7 Å². The molecule has 0 bridgehead atoms. The highest BCUT2D eigenvalue weighted by Gasteiger charge is 2.75. The van der Waals surface area contributed by atoms with Gasteiger partial charge in [0, 0.05) is 43.4 Å². The zero-order valence-electron chi connectivity index (χ0n) is 32.3. The van der Waals surface area contributed by atoms with Gasteiger partial charge in [-0.3, -0.25) is 19.2 Å². The quantitative estimate of drug-likeness (QED) is 0.180. The number of esters is 2. The molecule has 0 aromatic heterocycles. The number of hydrogen-bond donors (Lipinski definition) is 3. The van der Waals surface area contributed by atoms with Gasteiger partial charge >= 0.3 is 11.9 Å². The maximum atomic E-state index is 14.9. The predicted octanol–water partition coefficient (Wildman–Crippen LogP) is 4.77. The van der Waals surface area contributed by atoms with Crippen molar-refractivity contribution in [2.75, 3.05) is 0 Å². The van der Waals surface area contributed by atoms with Gasteiger partial charge in [0.05, 0.1) is 23.9 Å². The molecule has 0 radical (unpaired) electrons. The molecule has 0 unspecified atom stereocenters. The number of fused-ring (bicyclic) bond motifs is 5. The first-order chi connectivity index (χ1) is 23.3. The van der Waals surface area contributed by atoms with E-state index in [1.54, 1.807) is 6.92 Å². The summed E-state index contributed by atoms with van der Waals surface area (Å²) in [6, 6.07) is 0. The van der Waals surface area contributed by atoms with Crippen LogP contribution in [0.5, 0.6) is 0 Å². The van der Waals surface area contributed by atoms with Gasteiger partial charge in [0.15, 0.2) is 18.2 Å². The Hall–Kier alpha value is -2.44. The van der Waals surface area contributed by atoms with Crippen molar-refractivity contribution in [1.29, 1.82) is 0 Å². The van der Waals surface area contributed by atoms with Crippen LogP contribution in [0.1, 0.15) is 115 Å². The molecule has 0 aromatic carbocycles. The van der Waals surface area contributed by atoms with E-state index < -0.39 is 93.3 Å². The maximum Gasteiger partial charge on any atom is 0.303 e. The van der Waals surface area contributed by atoms with E-state index >= 15 is 0 Å². The highest BCUT2D eigenvalue weighted by Crippen LogP contribution is 2.74. The molecule has 1 saturated heterocycles. The first kappa shape index (κ1) is 39.8. The van der Waals surface area contributed by atoms with Crippen LogP contribution < -0.4 is 0 Å². The summed E-state index contributed by atoms with van der Waals surface area (Å²) in [4.78, 5) is 53.4. The topological polar surface area (TPSA) is 166 Å². The van der Waals surface area contributed by atoms with E-state index in [0.717, 1.165) is 5.57 Å². The van der Waals surface area contributed by atoms with Crippen LogP contribution >= 0.6 is 0 Å². The number of carbonyl (C=O) groups is 4. The van der Waals surface area contributed by atoms with Crippen LogP contribution in [0.3, 0.4) is 0 Å². The number of aliphatic hydroxyl groups excluding tert-OH is 1. The molecule has 286 valence electrons. The first-order valence-corrected chi connectivity index (χ1v) is 18.6. The van der Waals surface area contributed by atoms with Crippen LogP contribution in [0.4, 0.5) is 0 Å². The van der Waals surface area contributed by atoms with Gasteiger partial charge in [0.2, 0.25) is 0 Å². The Bertz CT molecular complexity index is 1490. The number of ether oxygens (including phenoxy) is 4. The lowest BCUT2D eigenvalue weighted by Gasteiger charge is -2.64. The predicted molar refractivity (Wildman–Crippen MR) is 187 cm³/mol. The Morgan fingerprint density at radius 1 is 0.961 bits per heavy atom. The molecule has 4 aliphatic carbocycles. The molecule has 1 aliphatic heterocycles. The largest absolute Gasteiger partial charge is 0.458 e. The summed E-state index contributed by atoms with van der Waals surface area (Å²) in [5.74, 6) is -2.95. The van der Waals surface area contributed by atoms with Crippen molar-refractivity contribution < 1.29 is 53.4 Å². The lowest BCUT2D eigenvalue weighted by Crippen LogP contribution is -2.65. The molecule has 13 atom stereocenters. The van der Waals surface area contributed by atoms with Gasteiger partial charge in [-0.15, -0.1) is 0 Å². The highest BCUT2D eigenvalue weighted by atomic mass is 16.7. The summed E-state index contributed by atoms with van der Waals surface area (Å²) in [5, 5.41) is 33.8. The Morgan fingerprint density at radius 3 is 2.18 bits per heavy atom. The van der Waals surface area contributed by atoms with Crippen LogP contribution in [-0.2, 0) is 38.1 Å². The second-order valence-electron chi connectivity index (χ2n) is 18.2. The third kappa shape index (κ3) is 6.57. The first-order valence-electron chi connectivity index (χ1n) is 18.6. The van der Waals surface area contributed by atoms with E-state index in [-0.39, 0.29) is 30.5 Å². The Labute approximate surface area is 302 Å². The molecular weight excluding hydrogens is 656 g/mol. The second kappa shape index (κ2) is 13.1. The van der Waals surface area contributed by atoms with Crippen molar-refractivity contribution in [2.45, 2.75) is 163 Å². The number of rotatable bonds is 8. The summed E-state index contributed by atoms with van der Waals surface area (Å²) in [7, 11) is 0. The van der Waals surface area contributed by atoms with Crippen molar-refractivity contribution in [3.63, 3.8) is 0 Å². The average Bonchev–Trinajstić information content (AvgIpc) is 3.21. The normalized spacial score (nSPS) is 43.3. The molecule has 5 aliphatic rings. The van der Waals surface area contributed by atoms with Gasteiger partial charge in [-0.25, -0.2) is 0 Å². The third-order valence-corrected chi connectivity index (χ3v) is 13.8. The second-order valence-corrected chi connectivity index (χ2v) is 18.2. The number of Topliss-reactive ketones (excluding diaryl/α,β-unsaturated/α-hetero) is 1. The summed E-state index contributed by atoms with van der Waals surface area (Å²) in [6.07, 6.45) is 2.25. The van der Waals surface area contributed by atoms with Crippen LogP contribution in [0.25, 0.3) is 0 Å². The van der Waals surface area contributed by atoms with E-state index in [2.05, 4.69) is 19.9 Å². The summed E-state index contributed by atoms with van der Waals surface area (Å²) in [6.45, 7) is 19.1. The average molecular weight is 717 g/mol. The zero-order chi connectivity index (χ0) is 38.3. The summed E-state index contributed by atoms with van der Waals surface area (Å²) < 4.78 is 24.4. The van der Waals surface area contributed by atoms with Crippen LogP contribution in [-0.4, -0.2) is 86.8 Å². The van der Waals surface area contributed by atoms with Crippen molar-refractivity contribution in [3.05, 3.63) is 23.8 Å². The molecule has 11 heteroatoms. The molecule has 1 heterocycles. The van der Waals surface area contributed by atoms with E-state index in [4.69, 9.17) is 18.9 Å². The molecule has 0 spiro atoms. The van der Waals surface area contributed by atoms with Gasteiger partial charge in [0.1, 0.15) is 17.5 Å². The van der Waals surface area contributed by atoms with Crippen LogP contribution in [0.15, 0.2) is 23.8 Å². The lowest BCUT2D eigenvalue weighted by atomic mass is 9.38. The molecule has 0 aromatic rings. The van der Waals surface area contributed by atoms with Crippen molar-refractivity contribution in [3.8, 4) is 0 Å². The minimum Gasteiger partial charge on any atom is -0.458 e. The van der Waals surface area contributed by atoms with Gasteiger partial charge in [-0.2, -0.15) is 0 Å².